The second-order valence-electron chi connectivity index (χ2n) is 4.89. The summed E-state index contributed by atoms with van der Waals surface area (Å²) in [5, 5.41) is 11.9. The predicted octanol–water partition coefficient (Wildman–Crippen LogP) is 1.84. The van der Waals surface area contributed by atoms with Crippen molar-refractivity contribution >= 4 is 23.8 Å². The molecule has 2 unspecified atom stereocenters. The predicted molar refractivity (Wildman–Crippen MR) is 81.0 cm³/mol. The van der Waals surface area contributed by atoms with E-state index in [1.807, 2.05) is 32.0 Å². The molecule has 0 spiro atoms. The molecule has 0 aromatic carbocycles. The highest BCUT2D eigenvalue weighted by Crippen LogP contribution is 2.31. The summed E-state index contributed by atoms with van der Waals surface area (Å²) in [4.78, 5) is 29.3. The maximum Gasteiger partial charge on any atom is 0.327 e. The van der Waals surface area contributed by atoms with E-state index in [1.54, 1.807) is 0 Å². The van der Waals surface area contributed by atoms with Crippen LogP contribution in [0.2, 0.25) is 0 Å². The Labute approximate surface area is 127 Å². The van der Waals surface area contributed by atoms with Crippen molar-refractivity contribution in [2.45, 2.75) is 38.2 Å². The number of hydrogen-bond donors (Lipinski definition) is 2. The van der Waals surface area contributed by atoms with E-state index in [-0.39, 0.29) is 11.4 Å². The maximum atomic E-state index is 12.3. The van der Waals surface area contributed by atoms with Gasteiger partial charge in [0.2, 0.25) is 0 Å². The normalized spacial score (nSPS) is 21.3. The van der Waals surface area contributed by atoms with Crippen molar-refractivity contribution in [3.63, 3.8) is 0 Å². The van der Waals surface area contributed by atoms with Gasteiger partial charge in [-0.3, -0.25) is 9.88 Å². The van der Waals surface area contributed by atoms with Gasteiger partial charge in [-0.1, -0.05) is 13.0 Å². The third-order valence-electron chi connectivity index (χ3n) is 3.33. The Morgan fingerprint density at radius 1 is 1.52 bits per heavy atom. The molecule has 2 rings (SSSR count). The smallest absolute Gasteiger partial charge is 0.327 e. The van der Waals surface area contributed by atoms with Crippen molar-refractivity contribution in [2.75, 3.05) is 5.75 Å². The zero-order valence-corrected chi connectivity index (χ0v) is 12.9. The lowest BCUT2D eigenvalue weighted by Gasteiger charge is -2.26. The van der Waals surface area contributed by atoms with Gasteiger partial charge in [0, 0.05) is 11.4 Å². The molecule has 1 saturated heterocycles. The van der Waals surface area contributed by atoms with Gasteiger partial charge in [0.25, 0.3) is 0 Å². The van der Waals surface area contributed by atoms with E-state index in [0.717, 1.165) is 17.8 Å². The van der Waals surface area contributed by atoms with E-state index in [0.29, 0.717) is 12.3 Å². The molecule has 2 atom stereocenters. The van der Waals surface area contributed by atoms with Crippen LogP contribution >= 0.6 is 11.8 Å². The summed E-state index contributed by atoms with van der Waals surface area (Å²) in [6.07, 6.45) is 0.727. The summed E-state index contributed by atoms with van der Waals surface area (Å²) in [5.41, 5.74) is 1.64. The van der Waals surface area contributed by atoms with Crippen LogP contribution in [0.5, 0.6) is 0 Å². The zero-order valence-electron chi connectivity index (χ0n) is 12.1. The largest absolute Gasteiger partial charge is 0.480 e. The summed E-state index contributed by atoms with van der Waals surface area (Å²) in [7, 11) is 0. The molecule has 114 valence electrons. The molecular formula is C14H19N3O3S. The van der Waals surface area contributed by atoms with Gasteiger partial charge in [0.1, 0.15) is 6.04 Å². The van der Waals surface area contributed by atoms with Gasteiger partial charge in [-0.2, -0.15) is 0 Å². The molecule has 21 heavy (non-hydrogen) atoms. The first-order valence-electron chi connectivity index (χ1n) is 6.86. The fourth-order valence-electron chi connectivity index (χ4n) is 2.30. The number of urea groups is 1. The number of carbonyl (C=O) groups is 2. The Kier molecular flexibility index (Phi) is 5.06. The number of carboxylic acids is 1. The summed E-state index contributed by atoms with van der Waals surface area (Å²) >= 11 is 1.51. The Bertz CT molecular complexity index is 538. The van der Waals surface area contributed by atoms with Crippen LogP contribution in [0, 0.1) is 6.92 Å². The topological polar surface area (TPSA) is 82.5 Å². The van der Waals surface area contributed by atoms with Crippen LogP contribution in [0.25, 0.3) is 0 Å². The molecule has 1 aliphatic rings. The first-order chi connectivity index (χ1) is 10.0. The minimum atomic E-state index is -0.956. The number of pyridine rings is 1. The molecule has 2 heterocycles. The van der Waals surface area contributed by atoms with E-state index in [9.17, 15) is 14.7 Å². The van der Waals surface area contributed by atoms with E-state index < -0.39 is 12.0 Å². The molecule has 0 radical (unpaired) electrons. The third kappa shape index (κ3) is 3.66. The SMILES string of the molecule is CCC1SCC(C(=O)O)N1C(=O)NCc1cccc(C)n1. The highest BCUT2D eigenvalue weighted by atomic mass is 32.2. The third-order valence-corrected chi connectivity index (χ3v) is 4.78. The number of thioether (sulfide) groups is 1. The molecule has 2 amide bonds. The quantitative estimate of drug-likeness (QED) is 0.887. The molecule has 6 nitrogen and oxygen atoms in total. The number of nitrogens with zero attached hydrogens (tertiary/aromatic N) is 2. The average Bonchev–Trinajstić information content (AvgIpc) is 2.89. The first-order valence-corrected chi connectivity index (χ1v) is 7.91. The van der Waals surface area contributed by atoms with Gasteiger partial charge < -0.3 is 10.4 Å². The molecule has 0 saturated carbocycles. The molecule has 0 bridgehead atoms. The second-order valence-corrected chi connectivity index (χ2v) is 6.10. The average molecular weight is 309 g/mol. The second kappa shape index (κ2) is 6.80. The molecule has 0 aliphatic carbocycles. The van der Waals surface area contributed by atoms with Crippen LogP contribution in [-0.4, -0.2) is 44.2 Å². The van der Waals surface area contributed by atoms with Crippen molar-refractivity contribution in [3.8, 4) is 0 Å². The van der Waals surface area contributed by atoms with Gasteiger partial charge in [-0.15, -0.1) is 11.8 Å². The van der Waals surface area contributed by atoms with E-state index >= 15 is 0 Å². The van der Waals surface area contributed by atoms with Crippen LogP contribution in [0.15, 0.2) is 18.2 Å². The van der Waals surface area contributed by atoms with Crippen LogP contribution in [-0.2, 0) is 11.3 Å². The fraction of sp³-hybridized carbons (Fsp3) is 0.500. The molecule has 1 fully saturated rings. The first kappa shape index (κ1) is 15.6. The minimum absolute atomic E-state index is 0.0865. The van der Waals surface area contributed by atoms with Crippen molar-refractivity contribution in [1.29, 1.82) is 0 Å². The van der Waals surface area contributed by atoms with E-state index in [2.05, 4.69) is 10.3 Å². The monoisotopic (exact) mass is 309 g/mol. The zero-order chi connectivity index (χ0) is 15.4. The lowest BCUT2D eigenvalue weighted by Crippen LogP contribution is -2.49. The number of hydrogen-bond acceptors (Lipinski definition) is 4. The van der Waals surface area contributed by atoms with Crippen LogP contribution in [0.4, 0.5) is 4.79 Å². The van der Waals surface area contributed by atoms with Crippen LogP contribution < -0.4 is 5.32 Å². The lowest BCUT2D eigenvalue weighted by atomic mass is 10.2. The van der Waals surface area contributed by atoms with Crippen molar-refractivity contribution in [3.05, 3.63) is 29.6 Å². The maximum absolute atomic E-state index is 12.3. The Morgan fingerprint density at radius 2 is 2.29 bits per heavy atom. The lowest BCUT2D eigenvalue weighted by molar-refractivity contribution is -0.141. The number of aromatic nitrogens is 1. The van der Waals surface area contributed by atoms with Crippen molar-refractivity contribution in [1.82, 2.24) is 15.2 Å². The van der Waals surface area contributed by atoms with Crippen molar-refractivity contribution in [2.24, 2.45) is 0 Å². The summed E-state index contributed by atoms with van der Waals surface area (Å²) in [6, 6.07) is 4.49. The molecular weight excluding hydrogens is 290 g/mol. The van der Waals surface area contributed by atoms with E-state index in [4.69, 9.17) is 0 Å². The number of aryl methyl sites for hydroxylation is 1. The number of carboxylic acid groups (broad SMARTS) is 1. The Morgan fingerprint density at radius 3 is 2.90 bits per heavy atom. The Hall–Kier alpha value is -1.76. The number of amides is 2. The summed E-state index contributed by atoms with van der Waals surface area (Å²) < 4.78 is 0. The number of aliphatic carboxylic acids is 1. The summed E-state index contributed by atoms with van der Waals surface area (Å²) in [6.45, 7) is 4.13. The summed E-state index contributed by atoms with van der Waals surface area (Å²) in [5.74, 6) is -0.522. The number of carbonyl (C=O) groups excluding carboxylic acids is 1. The molecule has 1 aromatic heterocycles. The van der Waals surface area contributed by atoms with Gasteiger partial charge in [-0.25, -0.2) is 9.59 Å². The van der Waals surface area contributed by atoms with Gasteiger partial charge in [-0.05, 0) is 25.5 Å². The minimum Gasteiger partial charge on any atom is -0.480 e. The fourth-order valence-corrected chi connectivity index (χ4v) is 3.64. The van der Waals surface area contributed by atoms with Crippen molar-refractivity contribution < 1.29 is 14.7 Å². The van der Waals surface area contributed by atoms with Crippen LogP contribution in [0.3, 0.4) is 0 Å². The Balaban J connectivity index is 2.02. The molecule has 1 aromatic rings. The standard InChI is InChI=1S/C14H19N3O3S/c1-3-12-17(11(8-21-12)13(18)19)14(20)15-7-10-6-4-5-9(2)16-10/h4-6,11-12H,3,7-8H2,1-2H3,(H,15,20)(H,18,19). The van der Waals surface area contributed by atoms with Gasteiger partial charge in [0.15, 0.2) is 0 Å². The van der Waals surface area contributed by atoms with E-state index in [1.165, 1.54) is 16.7 Å². The highest BCUT2D eigenvalue weighted by Gasteiger charge is 2.40. The van der Waals surface area contributed by atoms with Gasteiger partial charge in [0.05, 0.1) is 17.6 Å². The number of rotatable bonds is 4. The molecule has 7 heteroatoms. The molecule has 1 aliphatic heterocycles. The molecule has 2 N–H and O–H groups in total. The van der Waals surface area contributed by atoms with Crippen LogP contribution in [0.1, 0.15) is 24.7 Å². The van der Waals surface area contributed by atoms with Gasteiger partial charge >= 0.3 is 12.0 Å². The number of nitrogens with one attached hydrogen (secondary N) is 1. The highest BCUT2D eigenvalue weighted by molar-refractivity contribution is 8.00.